The summed E-state index contributed by atoms with van der Waals surface area (Å²) in [4.78, 5) is 5.86. The van der Waals surface area contributed by atoms with Gasteiger partial charge < -0.3 is 11.1 Å². The van der Waals surface area contributed by atoms with Crippen LogP contribution >= 0.6 is 11.3 Å². The largest absolute Gasteiger partial charge is 0.370 e. The highest BCUT2D eigenvalue weighted by Crippen LogP contribution is 2.29. The minimum Gasteiger partial charge on any atom is -0.370 e. The number of aliphatic imine (C=N–C) groups is 1. The number of hydrogen-bond acceptors (Lipinski definition) is 4. The van der Waals surface area contributed by atoms with Gasteiger partial charge in [0.05, 0.1) is 6.04 Å². The molecule has 2 heterocycles. The molecule has 3 N–H and O–H groups in total. The normalized spacial score (nSPS) is 21.5. The van der Waals surface area contributed by atoms with E-state index in [9.17, 15) is 0 Å². The second-order valence-electron chi connectivity index (χ2n) is 3.40. The topological polar surface area (TPSA) is 50.4 Å². The fourth-order valence-electron chi connectivity index (χ4n) is 1.77. The molecular weight excluding hydrogens is 194 g/mol. The number of rotatable bonds is 2. The van der Waals surface area contributed by atoms with Gasteiger partial charge in [0.2, 0.25) is 0 Å². The van der Waals surface area contributed by atoms with Crippen molar-refractivity contribution >= 4 is 17.3 Å². The number of guanidine groups is 1. The van der Waals surface area contributed by atoms with Crippen molar-refractivity contribution in [1.82, 2.24) is 5.32 Å². The van der Waals surface area contributed by atoms with Crippen LogP contribution in [-0.2, 0) is 6.42 Å². The van der Waals surface area contributed by atoms with E-state index in [1.807, 2.05) is 11.3 Å². The van der Waals surface area contributed by atoms with E-state index >= 15 is 0 Å². The minimum absolute atomic E-state index is 0.275. The Kier molecular flexibility index (Phi) is 2.72. The molecule has 14 heavy (non-hydrogen) atoms. The van der Waals surface area contributed by atoms with E-state index in [1.165, 1.54) is 10.4 Å². The zero-order valence-electron chi connectivity index (χ0n) is 8.29. The zero-order chi connectivity index (χ0) is 9.97. The molecule has 0 fully saturated rings. The molecule has 1 aliphatic heterocycles. The van der Waals surface area contributed by atoms with Crippen molar-refractivity contribution in [1.29, 1.82) is 0 Å². The highest BCUT2D eigenvalue weighted by molar-refractivity contribution is 7.10. The van der Waals surface area contributed by atoms with Gasteiger partial charge in [0.1, 0.15) is 0 Å². The molecule has 0 spiro atoms. The lowest BCUT2D eigenvalue weighted by Crippen LogP contribution is -2.36. The van der Waals surface area contributed by atoms with Gasteiger partial charge in [-0.25, -0.2) is 4.99 Å². The van der Waals surface area contributed by atoms with E-state index in [2.05, 4.69) is 28.7 Å². The third kappa shape index (κ3) is 1.75. The summed E-state index contributed by atoms with van der Waals surface area (Å²) in [7, 11) is 0. The number of hydrogen-bond donors (Lipinski definition) is 2. The van der Waals surface area contributed by atoms with Crippen LogP contribution in [0.15, 0.2) is 16.4 Å². The number of nitrogens with one attached hydrogen (secondary N) is 1. The third-order valence-corrected chi connectivity index (χ3v) is 3.56. The van der Waals surface area contributed by atoms with Crippen LogP contribution in [0.5, 0.6) is 0 Å². The Morgan fingerprint density at radius 1 is 1.71 bits per heavy atom. The van der Waals surface area contributed by atoms with Crippen LogP contribution in [0.4, 0.5) is 0 Å². The standard InChI is InChI=1S/C10H15N3S/c1-2-9-7(4-6-14-9)8-3-5-12-10(11)13-8/h4,6,8H,2-3,5H2,1H3,(H3,11,12,13). The summed E-state index contributed by atoms with van der Waals surface area (Å²) in [6.07, 6.45) is 2.14. The maximum Gasteiger partial charge on any atom is 0.189 e. The van der Waals surface area contributed by atoms with Gasteiger partial charge in [-0.3, -0.25) is 0 Å². The molecule has 0 saturated heterocycles. The van der Waals surface area contributed by atoms with Crippen molar-refractivity contribution in [3.05, 3.63) is 21.9 Å². The predicted molar refractivity (Wildman–Crippen MR) is 60.7 cm³/mol. The van der Waals surface area contributed by atoms with Crippen LogP contribution < -0.4 is 11.1 Å². The molecule has 0 aromatic carbocycles. The molecule has 1 aromatic heterocycles. The van der Waals surface area contributed by atoms with E-state index in [-0.39, 0.29) is 6.04 Å². The Hall–Kier alpha value is -1.03. The SMILES string of the molecule is CCc1sccc1C1CCNC(N)=N1. The Labute approximate surface area is 88.0 Å². The molecule has 2 rings (SSSR count). The van der Waals surface area contributed by atoms with Crippen molar-refractivity contribution in [2.75, 3.05) is 6.54 Å². The Bertz CT molecular complexity index is 343. The van der Waals surface area contributed by atoms with Crippen molar-refractivity contribution < 1.29 is 0 Å². The molecular formula is C10H15N3S. The molecule has 1 aromatic rings. The quantitative estimate of drug-likeness (QED) is 0.778. The molecule has 4 heteroatoms. The lowest BCUT2D eigenvalue weighted by Gasteiger charge is -2.20. The molecule has 1 aliphatic rings. The summed E-state index contributed by atoms with van der Waals surface area (Å²) in [5.74, 6) is 0.578. The molecule has 0 radical (unpaired) electrons. The van der Waals surface area contributed by atoms with Crippen LogP contribution in [0, 0.1) is 0 Å². The van der Waals surface area contributed by atoms with E-state index in [4.69, 9.17) is 5.73 Å². The van der Waals surface area contributed by atoms with E-state index in [0.717, 1.165) is 19.4 Å². The van der Waals surface area contributed by atoms with Crippen molar-refractivity contribution in [2.45, 2.75) is 25.8 Å². The van der Waals surface area contributed by atoms with Gasteiger partial charge in [-0.2, -0.15) is 0 Å². The van der Waals surface area contributed by atoms with Crippen LogP contribution in [0.25, 0.3) is 0 Å². The van der Waals surface area contributed by atoms with Crippen LogP contribution in [0.3, 0.4) is 0 Å². The number of nitrogens with two attached hydrogens (primary N) is 1. The maximum absolute atomic E-state index is 5.67. The zero-order valence-corrected chi connectivity index (χ0v) is 9.10. The first-order valence-electron chi connectivity index (χ1n) is 4.94. The van der Waals surface area contributed by atoms with Crippen LogP contribution in [-0.4, -0.2) is 12.5 Å². The Morgan fingerprint density at radius 3 is 3.29 bits per heavy atom. The van der Waals surface area contributed by atoms with Gasteiger partial charge in [0.15, 0.2) is 5.96 Å². The fourth-order valence-corrected chi connectivity index (χ4v) is 2.66. The van der Waals surface area contributed by atoms with E-state index < -0.39 is 0 Å². The summed E-state index contributed by atoms with van der Waals surface area (Å²) in [6.45, 7) is 3.11. The first kappa shape index (κ1) is 9.52. The first-order chi connectivity index (χ1) is 6.81. The smallest absolute Gasteiger partial charge is 0.189 e. The monoisotopic (exact) mass is 209 g/mol. The first-order valence-corrected chi connectivity index (χ1v) is 5.82. The average Bonchev–Trinajstić information content (AvgIpc) is 2.65. The second kappa shape index (κ2) is 4.00. The maximum atomic E-state index is 5.67. The van der Waals surface area contributed by atoms with Crippen LogP contribution in [0.1, 0.15) is 29.8 Å². The summed E-state index contributed by atoms with van der Waals surface area (Å²) < 4.78 is 0. The summed E-state index contributed by atoms with van der Waals surface area (Å²) >= 11 is 1.81. The molecule has 3 nitrogen and oxygen atoms in total. The molecule has 1 unspecified atom stereocenters. The molecule has 0 amide bonds. The minimum atomic E-state index is 0.275. The highest BCUT2D eigenvalue weighted by Gasteiger charge is 2.18. The summed E-state index contributed by atoms with van der Waals surface area (Å²) in [6, 6.07) is 2.45. The Balaban J connectivity index is 2.26. The molecule has 0 saturated carbocycles. The van der Waals surface area contributed by atoms with E-state index in [0.29, 0.717) is 5.96 Å². The van der Waals surface area contributed by atoms with Crippen molar-refractivity contribution in [2.24, 2.45) is 10.7 Å². The number of thiophene rings is 1. The molecule has 0 bridgehead atoms. The van der Waals surface area contributed by atoms with Gasteiger partial charge in [-0.1, -0.05) is 6.92 Å². The molecule has 1 atom stereocenters. The average molecular weight is 209 g/mol. The van der Waals surface area contributed by atoms with Gasteiger partial charge in [0.25, 0.3) is 0 Å². The summed E-state index contributed by atoms with van der Waals surface area (Å²) in [5.41, 5.74) is 7.03. The van der Waals surface area contributed by atoms with E-state index in [1.54, 1.807) is 0 Å². The highest BCUT2D eigenvalue weighted by atomic mass is 32.1. The number of aryl methyl sites for hydroxylation is 1. The van der Waals surface area contributed by atoms with Crippen LogP contribution in [0.2, 0.25) is 0 Å². The third-order valence-electron chi connectivity index (χ3n) is 2.48. The molecule has 0 aliphatic carbocycles. The van der Waals surface area contributed by atoms with Crippen molar-refractivity contribution in [3.63, 3.8) is 0 Å². The number of nitrogens with zero attached hydrogens (tertiary/aromatic N) is 1. The molecule has 76 valence electrons. The fraction of sp³-hybridized carbons (Fsp3) is 0.500. The Morgan fingerprint density at radius 2 is 2.57 bits per heavy atom. The van der Waals surface area contributed by atoms with Gasteiger partial charge in [-0.15, -0.1) is 11.3 Å². The van der Waals surface area contributed by atoms with Gasteiger partial charge in [-0.05, 0) is 29.9 Å². The predicted octanol–water partition coefficient (Wildman–Crippen LogP) is 1.66. The van der Waals surface area contributed by atoms with Gasteiger partial charge in [0, 0.05) is 11.4 Å². The van der Waals surface area contributed by atoms with Crippen molar-refractivity contribution in [3.8, 4) is 0 Å². The van der Waals surface area contributed by atoms with Gasteiger partial charge >= 0.3 is 0 Å². The second-order valence-corrected chi connectivity index (χ2v) is 4.40. The summed E-state index contributed by atoms with van der Waals surface area (Å²) in [5, 5.41) is 5.18. The lowest BCUT2D eigenvalue weighted by atomic mass is 10.0. The lowest BCUT2D eigenvalue weighted by molar-refractivity contribution is 0.599.